The number of esters is 2. The van der Waals surface area contributed by atoms with E-state index < -0.39 is 17.6 Å². The van der Waals surface area contributed by atoms with Gasteiger partial charge in [0.05, 0.1) is 10.9 Å². The molecule has 5 aliphatic carbocycles. The molecule has 9 atom stereocenters. The van der Waals surface area contributed by atoms with Gasteiger partial charge in [0.15, 0.2) is 0 Å². The average Bonchev–Trinajstić information content (AvgIpc) is 3.02. The van der Waals surface area contributed by atoms with Crippen LogP contribution in [0.25, 0.3) is 10.9 Å². The molecule has 5 aliphatic rings. The molecular formula is C43H58N2O5. The Bertz CT molecular complexity index is 1760. The average molecular weight is 683 g/mol. The van der Waals surface area contributed by atoms with Crippen LogP contribution >= 0.6 is 0 Å². The van der Waals surface area contributed by atoms with E-state index in [4.69, 9.17) is 9.47 Å². The summed E-state index contributed by atoms with van der Waals surface area (Å²) < 4.78 is 12.0. The largest absolute Gasteiger partial charge is 0.459 e. The van der Waals surface area contributed by atoms with Crippen molar-refractivity contribution >= 4 is 34.4 Å². The van der Waals surface area contributed by atoms with Gasteiger partial charge >= 0.3 is 11.9 Å². The minimum Gasteiger partial charge on any atom is -0.459 e. The van der Waals surface area contributed by atoms with Gasteiger partial charge < -0.3 is 14.8 Å². The molecule has 7 rings (SSSR count). The van der Waals surface area contributed by atoms with Gasteiger partial charge in [0.25, 0.3) is 0 Å². The predicted octanol–water partition coefficient (Wildman–Crippen LogP) is 9.45. The molecule has 1 aromatic carbocycles. The lowest BCUT2D eigenvalue weighted by atomic mass is 9.33. The van der Waals surface area contributed by atoms with Crippen LogP contribution in [-0.2, 0) is 23.9 Å². The number of hydrogen-bond donors (Lipinski definition) is 1. The van der Waals surface area contributed by atoms with Crippen LogP contribution in [0.4, 0.5) is 5.69 Å². The molecule has 7 heteroatoms. The van der Waals surface area contributed by atoms with Crippen molar-refractivity contribution in [2.24, 2.45) is 50.2 Å². The van der Waals surface area contributed by atoms with Crippen LogP contribution in [-0.4, -0.2) is 35.0 Å². The second-order valence-electron chi connectivity index (χ2n) is 18.9. The molecule has 4 fully saturated rings. The highest BCUT2D eigenvalue weighted by molar-refractivity contribution is 5.98. The van der Waals surface area contributed by atoms with Crippen molar-refractivity contribution in [3.05, 3.63) is 48.2 Å². The summed E-state index contributed by atoms with van der Waals surface area (Å²) in [5.74, 6) is 0.361. The molecule has 7 nitrogen and oxygen atoms in total. The lowest BCUT2D eigenvalue weighted by Gasteiger charge is -2.71. The zero-order chi connectivity index (χ0) is 36.1. The number of fused-ring (bicyclic) bond motifs is 8. The third kappa shape index (κ3) is 5.18. The Hall–Kier alpha value is -3.22. The first-order valence-electron chi connectivity index (χ1n) is 19.1. The minimum atomic E-state index is -0.485. The number of nitrogens with one attached hydrogen (secondary N) is 1. The molecule has 1 heterocycles. The zero-order valence-corrected chi connectivity index (χ0v) is 31.8. The molecule has 0 unspecified atom stereocenters. The van der Waals surface area contributed by atoms with Gasteiger partial charge in [-0.05, 0) is 121 Å². The molecule has 0 radical (unpaired) electrons. The molecule has 270 valence electrons. The fourth-order valence-electron chi connectivity index (χ4n) is 12.9. The van der Waals surface area contributed by atoms with Crippen molar-refractivity contribution in [3.8, 4) is 0 Å². The summed E-state index contributed by atoms with van der Waals surface area (Å²) in [7, 11) is 0. The van der Waals surface area contributed by atoms with Gasteiger partial charge in [-0.3, -0.25) is 19.4 Å². The van der Waals surface area contributed by atoms with Crippen molar-refractivity contribution in [2.75, 3.05) is 5.32 Å². The number of carbonyl (C=O) groups is 3. The van der Waals surface area contributed by atoms with Crippen LogP contribution in [0.5, 0.6) is 0 Å². The Kier molecular flexibility index (Phi) is 8.20. The molecule has 1 N–H and O–H groups in total. The standard InChI is InChI=1S/C43H58N2O5/c1-26(46)49-33-25-40(7)34(39(5,6)36(33)50-27(2)47)16-17-42(9)35(40)15-13-30-31-24-38(3,4)18-20-43(31,21-19-41(30,42)8)37(48)45-29-12-14-32-28(23-29)11-10-22-44-32/h10-14,22-23,31,33-36H,15-21,24-25H2,1-9H3,(H,45,48)/t31-,33-,34-,35+,36-,40-,41+,42+,43-/m0/s1. The molecule has 1 amide bonds. The zero-order valence-electron chi connectivity index (χ0n) is 31.8. The second-order valence-corrected chi connectivity index (χ2v) is 18.9. The molecule has 0 spiro atoms. The third-order valence-corrected chi connectivity index (χ3v) is 15.4. The van der Waals surface area contributed by atoms with Gasteiger partial charge in [0, 0.05) is 36.5 Å². The topological polar surface area (TPSA) is 94.6 Å². The summed E-state index contributed by atoms with van der Waals surface area (Å²) in [6.07, 6.45) is 12.0. The smallest absolute Gasteiger partial charge is 0.303 e. The molecule has 2 aromatic rings. The highest BCUT2D eigenvalue weighted by Gasteiger charge is 2.70. The summed E-state index contributed by atoms with van der Waals surface area (Å²) in [4.78, 5) is 44.0. The number of ether oxygens (including phenoxy) is 2. The number of allylic oxidation sites excluding steroid dienone is 2. The Morgan fingerprint density at radius 3 is 2.28 bits per heavy atom. The number of aromatic nitrogens is 1. The summed E-state index contributed by atoms with van der Waals surface area (Å²) in [6.45, 7) is 19.6. The van der Waals surface area contributed by atoms with Gasteiger partial charge in [0.1, 0.15) is 12.2 Å². The maximum Gasteiger partial charge on any atom is 0.303 e. The Balaban J connectivity index is 1.26. The monoisotopic (exact) mass is 682 g/mol. The number of nitrogens with zero attached hydrogens (tertiary/aromatic N) is 1. The van der Waals surface area contributed by atoms with Crippen molar-refractivity contribution < 1.29 is 23.9 Å². The molecule has 4 saturated carbocycles. The summed E-state index contributed by atoms with van der Waals surface area (Å²) in [5.41, 5.74) is 2.44. The highest BCUT2D eigenvalue weighted by atomic mass is 16.6. The number of pyridine rings is 1. The van der Waals surface area contributed by atoms with Crippen LogP contribution in [0.1, 0.15) is 120 Å². The van der Waals surface area contributed by atoms with Crippen LogP contribution in [0, 0.1) is 50.2 Å². The number of rotatable bonds is 4. The Labute approximate surface area is 298 Å². The quantitative estimate of drug-likeness (QED) is 0.255. The first-order chi connectivity index (χ1) is 23.4. The van der Waals surface area contributed by atoms with E-state index >= 15 is 0 Å². The number of carbonyl (C=O) groups excluding carboxylic acids is 3. The van der Waals surface area contributed by atoms with E-state index in [1.54, 1.807) is 6.20 Å². The van der Waals surface area contributed by atoms with Crippen LogP contribution < -0.4 is 5.32 Å². The first kappa shape index (κ1) is 35.2. The van der Waals surface area contributed by atoms with Crippen molar-refractivity contribution in [1.82, 2.24) is 4.98 Å². The van der Waals surface area contributed by atoms with Crippen LogP contribution in [0.15, 0.2) is 48.2 Å². The van der Waals surface area contributed by atoms with Gasteiger partial charge in [-0.25, -0.2) is 0 Å². The van der Waals surface area contributed by atoms with Gasteiger partial charge in [-0.2, -0.15) is 0 Å². The number of hydrogen-bond acceptors (Lipinski definition) is 6. The SMILES string of the molecule is CC(=O)O[C@H]1C[C@]2(C)[C@H]3CC=C4[C@@H]5CC(C)(C)CC[C@]5(C(=O)Nc5ccc6ncccc6c5)CC[C@@]4(C)[C@]3(C)CC[C@H]2C(C)(C)[C@H]1OC(C)=O. The first-order valence-corrected chi connectivity index (χ1v) is 19.1. The van der Waals surface area contributed by atoms with E-state index in [0.717, 1.165) is 68.0 Å². The van der Waals surface area contributed by atoms with Crippen molar-refractivity contribution in [2.45, 2.75) is 132 Å². The van der Waals surface area contributed by atoms with E-state index in [0.29, 0.717) is 18.3 Å². The molecule has 50 heavy (non-hydrogen) atoms. The fraction of sp³-hybridized carbons (Fsp3) is 0.674. The maximum atomic E-state index is 14.7. The van der Waals surface area contributed by atoms with E-state index in [1.807, 2.05) is 24.3 Å². The summed E-state index contributed by atoms with van der Waals surface area (Å²) >= 11 is 0. The lowest BCUT2D eigenvalue weighted by molar-refractivity contribution is -0.243. The Morgan fingerprint density at radius 1 is 0.840 bits per heavy atom. The number of anilines is 1. The fourth-order valence-corrected chi connectivity index (χ4v) is 12.9. The van der Waals surface area contributed by atoms with Crippen LogP contribution in [0.3, 0.4) is 0 Å². The summed E-state index contributed by atoms with van der Waals surface area (Å²) in [5, 5.41) is 4.44. The van der Waals surface area contributed by atoms with Crippen LogP contribution in [0.2, 0.25) is 0 Å². The van der Waals surface area contributed by atoms with E-state index in [2.05, 4.69) is 70.9 Å². The Morgan fingerprint density at radius 2 is 1.56 bits per heavy atom. The third-order valence-electron chi connectivity index (χ3n) is 15.4. The molecule has 0 aliphatic heterocycles. The van der Waals surface area contributed by atoms with E-state index in [9.17, 15) is 14.4 Å². The van der Waals surface area contributed by atoms with E-state index in [1.165, 1.54) is 19.4 Å². The minimum absolute atomic E-state index is 0.00300. The summed E-state index contributed by atoms with van der Waals surface area (Å²) in [6, 6.07) is 10.0. The highest BCUT2D eigenvalue weighted by Crippen LogP contribution is 2.76. The maximum absolute atomic E-state index is 14.7. The van der Waals surface area contributed by atoms with Gasteiger partial charge in [-0.15, -0.1) is 0 Å². The number of amides is 1. The van der Waals surface area contributed by atoms with E-state index in [-0.39, 0.29) is 50.8 Å². The predicted molar refractivity (Wildman–Crippen MR) is 196 cm³/mol. The molecule has 0 bridgehead atoms. The van der Waals surface area contributed by atoms with Crippen molar-refractivity contribution in [1.29, 1.82) is 0 Å². The molecule has 0 saturated heterocycles. The molecular weight excluding hydrogens is 624 g/mol. The normalized spacial score (nSPS) is 39.8. The van der Waals surface area contributed by atoms with Gasteiger partial charge in [0.2, 0.25) is 5.91 Å². The van der Waals surface area contributed by atoms with Crippen molar-refractivity contribution in [3.63, 3.8) is 0 Å². The van der Waals surface area contributed by atoms with Gasteiger partial charge in [-0.1, -0.05) is 66.2 Å². The molecule has 1 aromatic heterocycles. The second kappa shape index (κ2) is 11.6. The number of benzene rings is 1. The lowest BCUT2D eigenvalue weighted by Crippen LogP contribution is -2.67.